The van der Waals surface area contributed by atoms with Crippen molar-refractivity contribution in [2.75, 3.05) is 13.1 Å². The molecule has 5 nitrogen and oxygen atoms in total. The van der Waals surface area contributed by atoms with Crippen molar-refractivity contribution < 1.29 is 14.7 Å². The van der Waals surface area contributed by atoms with Crippen molar-refractivity contribution in [3.63, 3.8) is 0 Å². The molecule has 1 aliphatic carbocycles. The number of amides is 1. The van der Waals surface area contributed by atoms with Gasteiger partial charge < -0.3 is 10.0 Å². The van der Waals surface area contributed by atoms with Gasteiger partial charge in [-0.1, -0.05) is 12.8 Å². The third-order valence-electron chi connectivity index (χ3n) is 4.99. The number of thiazole rings is 1. The van der Waals surface area contributed by atoms with Gasteiger partial charge in [0, 0.05) is 19.0 Å². The SMILES string of the molecule is Cc1nc(C2CCCC2)sc1C(=O)N1CCC(C)(C(=O)O)C1. The number of aliphatic carboxylic acids is 1. The number of carbonyl (C=O) groups excluding carboxylic acids is 1. The molecular formula is C16H22N2O3S. The standard InChI is InChI=1S/C16H22N2O3S/c1-10-12(22-13(17-10)11-5-3-4-6-11)14(19)18-8-7-16(2,9-18)15(20)21/h11H,3-9H2,1-2H3,(H,20,21). The summed E-state index contributed by atoms with van der Waals surface area (Å²) in [5, 5.41) is 10.4. The number of nitrogens with zero attached hydrogens (tertiary/aromatic N) is 2. The van der Waals surface area contributed by atoms with E-state index in [-0.39, 0.29) is 12.5 Å². The Bertz CT molecular complexity index is 607. The minimum absolute atomic E-state index is 0.0516. The second-order valence-corrected chi connectivity index (χ2v) is 7.82. The third kappa shape index (κ3) is 2.64. The molecule has 2 aliphatic rings. The van der Waals surface area contributed by atoms with Gasteiger partial charge in [-0.05, 0) is 33.1 Å². The molecule has 0 bridgehead atoms. The number of carbonyl (C=O) groups is 2. The van der Waals surface area contributed by atoms with Crippen molar-refractivity contribution in [1.29, 1.82) is 0 Å². The predicted octanol–water partition coefficient (Wildman–Crippen LogP) is 3.05. The second-order valence-electron chi connectivity index (χ2n) is 6.79. The highest BCUT2D eigenvalue weighted by molar-refractivity contribution is 7.13. The fourth-order valence-corrected chi connectivity index (χ4v) is 4.62. The summed E-state index contributed by atoms with van der Waals surface area (Å²) in [6.45, 7) is 4.40. The first kappa shape index (κ1) is 15.5. The average Bonchev–Trinajstić information content (AvgIpc) is 3.17. The van der Waals surface area contributed by atoms with E-state index in [2.05, 4.69) is 4.98 Å². The molecule has 0 radical (unpaired) electrons. The topological polar surface area (TPSA) is 70.5 Å². The largest absolute Gasteiger partial charge is 0.481 e. The van der Waals surface area contributed by atoms with Crippen LogP contribution in [0.1, 0.15) is 65.3 Å². The first-order valence-corrected chi connectivity index (χ1v) is 8.72. The molecule has 1 aliphatic heterocycles. The minimum atomic E-state index is -0.824. The molecule has 120 valence electrons. The first-order valence-electron chi connectivity index (χ1n) is 7.91. The van der Waals surface area contributed by atoms with E-state index in [9.17, 15) is 14.7 Å². The maximum Gasteiger partial charge on any atom is 0.311 e. The summed E-state index contributed by atoms with van der Waals surface area (Å²) in [6, 6.07) is 0. The zero-order valence-corrected chi connectivity index (χ0v) is 13.9. The average molecular weight is 322 g/mol. The molecule has 6 heteroatoms. The van der Waals surface area contributed by atoms with Crippen LogP contribution in [0.25, 0.3) is 0 Å². The number of hydrogen-bond donors (Lipinski definition) is 1. The molecule has 3 rings (SSSR count). The molecule has 1 saturated carbocycles. The summed E-state index contributed by atoms with van der Waals surface area (Å²) in [5.41, 5.74) is -0.0245. The summed E-state index contributed by atoms with van der Waals surface area (Å²) in [4.78, 5) is 31.0. The van der Waals surface area contributed by atoms with Gasteiger partial charge in [-0.3, -0.25) is 9.59 Å². The molecule has 0 spiro atoms. The van der Waals surface area contributed by atoms with E-state index >= 15 is 0 Å². The van der Waals surface area contributed by atoms with E-state index in [0.717, 1.165) is 10.7 Å². The number of carboxylic acid groups (broad SMARTS) is 1. The van der Waals surface area contributed by atoms with Gasteiger partial charge >= 0.3 is 5.97 Å². The van der Waals surface area contributed by atoms with Gasteiger partial charge in [0.15, 0.2) is 0 Å². The summed E-state index contributed by atoms with van der Waals surface area (Å²) >= 11 is 1.51. The van der Waals surface area contributed by atoms with Crippen LogP contribution >= 0.6 is 11.3 Å². The van der Waals surface area contributed by atoms with E-state index in [1.54, 1.807) is 11.8 Å². The summed E-state index contributed by atoms with van der Waals surface area (Å²) in [7, 11) is 0. The molecule has 1 saturated heterocycles. The molecule has 1 aromatic heterocycles. The quantitative estimate of drug-likeness (QED) is 0.928. The minimum Gasteiger partial charge on any atom is -0.481 e. The lowest BCUT2D eigenvalue weighted by molar-refractivity contribution is -0.147. The van der Waals surface area contributed by atoms with Crippen LogP contribution in [0.2, 0.25) is 0 Å². The smallest absolute Gasteiger partial charge is 0.311 e. The molecule has 1 aromatic rings. The molecule has 2 fully saturated rings. The van der Waals surface area contributed by atoms with Gasteiger partial charge in [-0.2, -0.15) is 0 Å². The lowest BCUT2D eigenvalue weighted by Crippen LogP contribution is -2.34. The fourth-order valence-electron chi connectivity index (χ4n) is 3.42. The van der Waals surface area contributed by atoms with Gasteiger partial charge in [-0.25, -0.2) is 4.98 Å². The van der Waals surface area contributed by atoms with E-state index in [4.69, 9.17) is 0 Å². The molecule has 2 heterocycles. The highest BCUT2D eigenvalue weighted by Crippen LogP contribution is 2.38. The van der Waals surface area contributed by atoms with E-state index in [1.165, 1.54) is 37.0 Å². The van der Waals surface area contributed by atoms with Crippen LogP contribution in [0.3, 0.4) is 0 Å². The van der Waals surface area contributed by atoms with Gasteiger partial charge in [0.25, 0.3) is 5.91 Å². The van der Waals surface area contributed by atoms with Gasteiger partial charge in [0.05, 0.1) is 16.1 Å². The Kier molecular flexibility index (Phi) is 3.97. The third-order valence-corrected chi connectivity index (χ3v) is 6.30. The number of aryl methyl sites for hydroxylation is 1. The Morgan fingerprint density at radius 3 is 2.64 bits per heavy atom. The van der Waals surface area contributed by atoms with Crippen LogP contribution in [0.5, 0.6) is 0 Å². The molecule has 22 heavy (non-hydrogen) atoms. The molecule has 1 atom stereocenters. The van der Waals surface area contributed by atoms with Crippen molar-refractivity contribution in [3.05, 3.63) is 15.6 Å². The predicted molar refractivity (Wildman–Crippen MR) is 84.3 cm³/mol. The summed E-state index contributed by atoms with van der Waals surface area (Å²) < 4.78 is 0. The second kappa shape index (κ2) is 5.65. The Labute approximate surface area is 134 Å². The summed E-state index contributed by atoms with van der Waals surface area (Å²) in [6.07, 6.45) is 5.34. The molecule has 1 N–H and O–H groups in total. The van der Waals surface area contributed by atoms with Gasteiger partial charge in [0.2, 0.25) is 0 Å². The summed E-state index contributed by atoms with van der Waals surface area (Å²) in [5.74, 6) is -0.368. The highest BCUT2D eigenvalue weighted by Gasteiger charge is 2.43. The van der Waals surface area contributed by atoms with Crippen molar-refractivity contribution in [1.82, 2.24) is 9.88 Å². The Hall–Kier alpha value is -1.43. The van der Waals surface area contributed by atoms with Crippen molar-refractivity contribution in [2.45, 2.75) is 51.9 Å². The molecule has 0 aromatic carbocycles. The van der Waals surface area contributed by atoms with Crippen LogP contribution < -0.4 is 0 Å². The number of carboxylic acids is 1. The van der Waals surface area contributed by atoms with Crippen molar-refractivity contribution in [2.24, 2.45) is 5.41 Å². The Balaban J connectivity index is 1.77. The maximum absolute atomic E-state index is 12.7. The highest BCUT2D eigenvalue weighted by atomic mass is 32.1. The van der Waals surface area contributed by atoms with Gasteiger partial charge in [0.1, 0.15) is 4.88 Å². The number of rotatable bonds is 3. The lowest BCUT2D eigenvalue weighted by atomic mass is 9.90. The van der Waals surface area contributed by atoms with E-state index in [0.29, 0.717) is 23.8 Å². The molecular weight excluding hydrogens is 300 g/mol. The number of hydrogen-bond acceptors (Lipinski definition) is 4. The van der Waals surface area contributed by atoms with Crippen LogP contribution in [-0.2, 0) is 4.79 Å². The fraction of sp³-hybridized carbons (Fsp3) is 0.688. The van der Waals surface area contributed by atoms with Crippen LogP contribution in [0.4, 0.5) is 0 Å². The molecule has 1 unspecified atom stereocenters. The monoisotopic (exact) mass is 322 g/mol. The Morgan fingerprint density at radius 1 is 1.36 bits per heavy atom. The number of aromatic nitrogens is 1. The van der Waals surface area contributed by atoms with Crippen molar-refractivity contribution in [3.8, 4) is 0 Å². The molecule has 1 amide bonds. The Morgan fingerprint density at radius 2 is 2.05 bits per heavy atom. The first-order chi connectivity index (χ1) is 10.4. The van der Waals surface area contributed by atoms with Crippen LogP contribution in [0, 0.1) is 12.3 Å². The van der Waals surface area contributed by atoms with E-state index < -0.39 is 11.4 Å². The lowest BCUT2D eigenvalue weighted by Gasteiger charge is -2.19. The van der Waals surface area contributed by atoms with Crippen LogP contribution in [-0.4, -0.2) is 40.0 Å². The van der Waals surface area contributed by atoms with Crippen molar-refractivity contribution >= 4 is 23.2 Å². The number of likely N-dealkylation sites (tertiary alicyclic amines) is 1. The van der Waals surface area contributed by atoms with Crippen LogP contribution in [0.15, 0.2) is 0 Å². The van der Waals surface area contributed by atoms with Gasteiger partial charge in [-0.15, -0.1) is 11.3 Å². The zero-order chi connectivity index (χ0) is 15.9. The maximum atomic E-state index is 12.7. The zero-order valence-electron chi connectivity index (χ0n) is 13.1. The van der Waals surface area contributed by atoms with E-state index in [1.807, 2.05) is 6.92 Å². The normalized spacial score (nSPS) is 25.8.